The molecule has 1 aromatic rings. The van der Waals surface area contributed by atoms with Crippen molar-refractivity contribution in [3.05, 3.63) is 29.0 Å². The summed E-state index contributed by atoms with van der Waals surface area (Å²) in [5.41, 5.74) is 0. The molecule has 0 saturated heterocycles. The van der Waals surface area contributed by atoms with E-state index in [4.69, 9.17) is 21.1 Å². The Morgan fingerprint density at radius 2 is 1.88 bits per heavy atom. The second-order valence-electron chi connectivity index (χ2n) is 5.67. The molecule has 0 aliphatic rings. The van der Waals surface area contributed by atoms with Crippen LogP contribution in [0.4, 0.5) is 4.39 Å². The molecule has 0 radical (unpaired) electrons. The molecule has 1 unspecified atom stereocenters. The highest BCUT2D eigenvalue weighted by atomic mass is 35.5. The van der Waals surface area contributed by atoms with E-state index in [-0.39, 0.29) is 42.1 Å². The number of carbonyl (C=O) groups excluding carboxylic acids is 2. The normalized spacial score (nSPS) is 11.8. The van der Waals surface area contributed by atoms with Gasteiger partial charge in [-0.05, 0) is 38.3 Å². The minimum atomic E-state index is -0.698. The maximum atomic E-state index is 13.5. The lowest BCUT2D eigenvalue weighted by molar-refractivity contribution is -0.148. The number of para-hydroxylation sites is 1. The van der Waals surface area contributed by atoms with Gasteiger partial charge in [-0.1, -0.05) is 37.4 Å². The van der Waals surface area contributed by atoms with Crippen LogP contribution in [0.2, 0.25) is 5.02 Å². The highest BCUT2D eigenvalue weighted by Gasteiger charge is 2.14. The van der Waals surface area contributed by atoms with Crippen LogP contribution in [-0.4, -0.2) is 18.0 Å². The second-order valence-corrected chi connectivity index (χ2v) is 6.08. The van der Waals surface area contributed by atoms with Gasteiger partial charge in [-0.15, -0.1) is 0 Å². The van der Waals surface area contributed by atoms with Crippen LogP contribution in [0.25, 0.3) is 0 Å². The molecule has 1 aromatic carbocycles. The number of halogens is 2. The summed E-state index contributed by atoms with van der Waals surface area (Å²) in [6, 6.07) is 4.02. The smallest absolute Gasteiger partial charge is 0.311 e. The summed E-state index contributed by atoms with van der Waals surface area (Å²) in [5.74, 6) is -1.95. The van der Waals surface area contributed by atoms with Crippen molar-refractivity contribution in [3.63, 3.8) is 0 Å². The molecule has 4 nitrogen and oxygen atoms in total. The van der Waals surface area contributed by atoms with E-state index < -0.39 is 11.8 Å². The molecule has 24 heavy (non-hydrogen) atoms. The van der Waals surface area contributed by atoms with Crippen molar-refractivity contribution in [1.82, 2.24) is 0 Å². The van der Waals surface area contributed by atoms with Gasteiger partial charge in [0.15, 0.2) is 11.6 Å². The number of rotatable bonds is 10. The van der Waals surface area contributed by atoms with Gasteiger partial charge in [0.2, 0.25) is 0 Å². The Kier molecular flexibility index (Phi) is 9.38. The third-order valence-electron chi connectivity index (χ3n) is 3.44. The average Bonchev–Trinajstić information content (AvgIpc) is 2.51. The Morgan fingerprint density at radius 1 is 1.17 bits per heavy atom. The van der Waals surface area contributed by atoms with E-state index in [1.165, 1.54) is 12.1 Å². The summed E-state index contributed by atoms with van der Waals surface area (Å²) in [7, 11) is 0. The van der Waals surface area contributed by atoms with Crippen LogP contribution in [0, 0.1) is 5.82 Å². The van der Waals surface area contributed by atoms with Gasteiger partial charge in [-0.2, -0.15) is 0 Å². The SMILES string of the molecule is CCCCCC(C)OC(=O)CCCC(=O)Oc1c(F)cccc1Cl. The van der Waals surface area contributed by atoms with Crippen molar-refractivity contribution in [2.24, 2.45) is 0 Å². The zero-order chi connectivity index (χ0) is 17.9. The number of hydrogen-bond donors (Lipinski definition) is 0. The van der Waals surface area contributed by atoms with Crippen molar-refractivity contribution >= 4 is 23.5 Å². The van der Waals surface area contributed by atoms with E-state index in [0.29, 0.717) is 0 Å². The van der Waals surface area contributed by atoms with Crippen molar-refractivity contribution in [2.45, 2.75) is 64.9 Å². The van der Waals surface area contributed by atoms with Crippen molar-refractivity contribution in [3.8, 4) is 5.75 Å². The van der Waals surface area contributed by atoms with E-state index >= 15 is 0 Å². The van der Waals surface area contributed by atoms with Gasteiger partial charge < -0.3 is 9.47 Å². The molecule has 0 aliphatic heterocycles. The molecule has 0 aliphatic carbocycles. The van der Waals surface area contributed by atoms with Crippen LogP contribution in [0.1, 0.15) is 58.8 Å². The highest BCUT2D eigenvalue weighted by Crippen LogP contribution is 2.27. The van der Waals surface area contributed by atoms with Crippen LogP contribution in [-0.2, 0) is 14.3 Å². The molecule has 6 heteroatoms. The molecule has 134 valence electrons. The van der Waals surface area contributed by atoms with Gasteiger partial charge in [0.1, 0.15) is 0 Å². The Balaban J connectivity index is 2.26. The predicted molar refractivity (Wildman–Crippen MR) is 90.6 cm³/mol. The first-order valence-corrected chi connectivity index (χ1v) is 8.66. The minimum absolute atomic E-state index is 0.00994. The van der Waals surface area contributed by atoms with Gasteiger partial charge in [0, 0.05) is 12.8 Å². The molecule has 0 aromatic heterocycles. The number of carbonyl (C=O) groups is 2. The maximum Gasteiger partial charge on any atom is 0.311 e. The molecule has 1 atom stereocenters. The molecule has 0 saturated carbocycles. The van der Waals surface area contributed by atoms with Gasteiger partial charge >= 0.3 is 11.9 Å². The zero-order valence-electron chi connectivity index (χ0n) is 14.1. The van der Waals surface area contributed by atoms with E-state index in [2.05, 4.69) is 6.92 Å². The first-order valence-electron chi connectivity index (χ1n) is 8.28. The highest BCUT2D eigenvalue weighted by molar-refractivity contribution is 6.32. The summed E-state index contributed by atoms with van der Waals surface area (Å²) in [5, 5.41) is 0.0312. The molecule has 0 spiro atoms. The third kappa shape index (κ3) is 7.77. The number of unbranched alkanes of at least 4 members (excludes halogenated alkanes) is 2. The van der Waals surface area contributed by atoms with Gasteiger partial charge in [0.05, 0.1) is 11.1 Å². The van der Waals surface area contributed by atoms with Crippen LogP contribution in [0.3, 0.4) is 0 Å². The van der Waals surface area contributed by atoms with Crippen LogP contribution in [0.5, 0.6) is 5.75 Å². The number of esters is 2. The van der Waals surface area contributed by atoms with E-state index in [1.54, 1.807) is 0 Å². The van der Waals surface area contributed by atoms with Gasteiger partial charge in [0.25, 0.3) is 0 Å². The minimum Gasteiger partial charge on any atom is -0.463 e. The Labute approximate surface area is 147 Å². The summed E-state index contributed by atoms with van der Waals surface area (Å²) in [4.78, 5) is 23.4. The molecule has 0 fully saturated rings. The van der Waals surface area contributed by atoms with Gasteiger partial charge in [-0.25, -0.2) is 4.39 Å². The third-order valence-corrected chi connectivity index (χ3v) is 3.74. The fraction of sp³-hybridized carbons (Fsp3) is 0.556. The molecule has 1 rings (SSSR count). The maximum absolute atomic E-state index is 13.5. The first kappa shape index (κ1) is 20.4. The lowest BCUT2D eigenvalue weighted by Gasteiger charge is -2.12. The second kappa shape index (κ2) is 11.0. The fourth-order valence-corrected chi connectivity index (χ4v) is 2.35. The van der Waals surface area contributed by atoms with Crippen molar-refractivity contribution < 1.29 is 23.5 Å². The first-order chi connectivity index (χ1) is 11.4. The quantitative estimate of drug-likeness (QED) is 0.333. The average molecular weight is 359 g/mol. The molecule has 0 N–H and O–H groups in total. The summed E-state index contributed by atoms with van der Waals surface area (Å²) >= 11 is 5.78. The Hall–Kier alpha value is -1.62. The van der Waals surface area contributed by atoms with Crippen molar-refractivity contribution in [1.29, 1.82) is 0 Å². The largest absolute Gasteiger partial charge is 0.463 e. The fourth-order valence-electron chi connectivity index (χ4n) is 2.15. The van der Waals surface area contributed by atoms with Crippen LogP contribution < -0.4 is 4.74 Å². The standard InChI is InChI=1S/C18H24ClFO4/c1-3-4-5-8-13(2)23-16(21)11-7-12-17(22)24-18-14(19)9-6-10-15(18)20/h6,9-10,13H,3-5,7-8,11-12H2,1-2H3. The zero-order valence-corrected chi connectivity index (χ0v) is 14.9. The summed E-state index contributed by atoms with van der Waals surface area (Å²) in [6.07, 6.45) is 4.39. The molecular formula is C18H24ClFO4. The Morgan fingerprint density at radius 3 is 2.54 bits per heavy atom. The topological polar surface area (TPSA) is 52.6 Å². The summed E-state index contributed by atoms with van der Waals surface area (Å²) in [6.45, 7) is 3.98. The number of ether oxygens (including phenoxy) is 2. The molecule has 0 heterocycles. The van der Waals surface area contributed by atoms with Gasteiger partial charge in [-0.3, -0.25) is 9.59 Å². The van der Waals surface area contributed by atoms with Crippen LogP contribution in [0.15, 0.2) is 18.2 Å². The monoisotopic (exact) mass is 358 g/mol. The van der Waals surface area contributed by atoms with E-state index in [1.807, 2.05) is 6.92 Å². The van der Waals surface area contributed by atoms with Crippen molar-refractivity contribution in [2.75, 3.05) is 0 Å². The molecule has 0 amide bonds. The van der Waals surface area contributed by atoms with E-state index in [9.17, 15) is 14.0 Å². The lowest BCUT2D eigenvalue weighted by Crippen LogP contribution is -2.15. The number of benzene rings is 1. The lowest BCUT2D eigenvalue weighted by atomic mass is 10.1. The predicted octanol–water partition coefficient (Wildman–Crippen LogP) is 5.07. The number of hydrogen-bond acceptors (Lipinski definition) is 4. The summed E-state index contributed by atoms with van der Waals surface area (Å²) < 4.78 is 23.7. The Bertz CT molecular complexity index is 528. The molecular weight excluding hydrogens is 335 g/mol. The van der Waals surface area contributed by atoms with Crippen LogP contribution >= 0.6 is 11.6 Å². The molecule has 0 bridgehead atoms. The van der Waals surface area contributed by atoms with E-state index in [0.717, 1.165) is 31.7 Å².